The molecule has 0 spiro atoms. The Morgan fingerprint density at radius 1 is 1.25 bits per heavy atom. The van der Waals surface area contributed by atoms with Crippen LogP contribution in [0.4, 0.5) is 0 Å². The van der Waals surface area contributed by atoms with Crippen LogP contribution >= 0.6 is 0 Å². The van der Waals surface area contributed by atoms with E-state index in [-0.39, 0.29) is 5.41 Å². The Morgan fingerprint density at radius 3 is 2.56 bits per heavy atom. The fraction of sp³-hybridized carbons (Fsp3) is 0.643. The van der Waals surface area contributed by atoms with Crippen LogP contribution in [0.15, 0.2) is 18.3 Å². The predicted octanol–water partition coefficient (Wildman–Crippen LogP) is 3.18. The number of nitrogens with zero attached hydrogens (tertiary/aromatic N) is 1. The average molecular weight is 219 g/mol. The van der Waals surface area contributed by atoms with Crippen molar-refractivity contribution in [1.29, 1.82) is 0 Å². The van der Waals surface area contributed by atoms with Gasteiger partial charge in [0.2, 0.25) is 0 Å². The SMILES string of the molecule is Cc1ccc(C2(O)CCCC(C)(C)C2)cn1. The van der Waals surface area contributed by atoms with Gasteiger partial charge in [-0.2, -0.15) is 0 Å². The van der Waals surface area contributed by atoms with Gasteiger partial charge in [-0.25, -0.2) is 0 Å². The molecule has 0 amide bonds. The van der Waals surface area contributed by atoms with Crippen LogP contribution in [-0.4, -0.2) is 10.1 Å². The Balaban J connectivity index is 2.27. The summed E-state index contributed by atoms with van der Waals surface area (Å²) in [6.45, 7) is 6.44. The monoisotopic (exact) mass is 219 g/mol. The number of hydrogen-bond acceptors (Lipinski definition) is 2. The van der Waals surface area contributed by atoms with Gasteiger partial charge in [0, 0.05) is 17.5 Å². The van der Waals surface area contributed by atoms with Crippen molar-refractivity contribution >= 4 is 0 Å². The van der Waals surface area contributed by atoms with Crippen LogP contribution in [0.1, 0.15) is 50.8 Å². The molecule has 0 aliphatic heterocycles. The summed E-state index contributed by atoms with van der Waals surface area (Å²) in [6.07, 6.45) is 5.83. The van der Waals surface area contributed by atoms with Gasteiger partial charge in [-0.3, -0.25) is 4.98 Å². The molecule has 1 aromatic rings. The van der Waals surface area contributed by atoms with E-state index in [9.17, 15) is 5.11 Å². The predicted molar refractivity (Wildman–Crippen MR) is 65.1 cm³/mol. The van der Waals surface area contributed by atoms with Crippen molar-refractivity contribution in [3.8, 4) is 0 Å². The number of aliphatic hydroxyl groups is 1. The number of rotatable bonds is 1. The van der Waals surface area contributed by atoms with E-state index in [0.717, 1.165) is 30.5 Å². The van der Waals surface area contributed by atoms with Gasteiger partial charge >= 0.3 is 0 Å². The van der Waals surface area contributed by atoms with Crippen molar-refractivity contribution in [3.63, 3.8) is 0 Å². The number of aromatic nitrogens is 1. The molecule has 88 valence electrons. The summed E-state index contributed by atoms with van der Waals surface area (Å²) < 4.78 is 0. The zero-order valence-electron chi connectivity index (χ0n) is 10.5. The molecule has 1 N–H and O–H groups in total. The number of hydrogen-bond donors (Lipinski definition) is 1. The van der Waals surface area contributed by atoms with Crippen molar-refractivity contribution in [1.82, 2.24) is 4.98 Å². The first-order valence-electron chi connectivity index (χ1n) is 6.07. The first-order chi connectivity index (χ1) is 7.41. The molecule has 1 unspecified atom stereocenters. The summed E-state index contributed by atoms with van der Waals surface area (Å²) in [6, 6.07) is 4.00. The minimum Gasteiger partial charge on any atom is -0.385 e. The van der Waals surface area contributed by atoms with E-state index in [1.165, 1.54) is 6.42 Å². The Morgan fingerprint density at radius 2 is 2.00 bits per heavy atom. The van der Waals surface area contributed by atoms with E-state index >= 15 is 0 Å². The highest BCUT2D eigenvalue weighted by Gasteiger charge is 2.39. The molecule has 2 nitrogen and oxygen atoms in total. The molecule has 0 saturated heterocycles. The van der Waals surface area contributed by atoms with Gasteiger partial charge in [-0.15, -0.1) is 0 Å². The van der Waals surface area contributed by atoms with Gasteiger partial charge in [0.25, 0.3) is 0 Å². The Labute approximate surface area is 97.7 Å². The maximum Gasteiger partial charge on any atom is 0.0916 e. The van der Waals surface area contributed by atoms with Gasteiger partial charge in [0.05, 0.1) is 5.60 Å². The molecule has 1 aliphatic rings. The molecule has 1 atom stereocenters. The quantitative estimate of drug-likeness (QED) is 0.787. The molecule has 1 saturated carbocycles. The van der Waals surface area contributed by atoms with Gasteiger partial charge in [-0.1, -0.05) is 19.9 Å². The lowest BCUT2D eigenvalue weighted by Crippen LogP contribution is -2.36. The highest BCUT2D eigenvalue weighted by atomic mass is 16.3. The lowest BCUT2D eigenvalue weighted by Gasteiger charge is -2.41. The summed E-state index contributed by atoms with van der Waals surface area (Å²) in [5, 5.41) is 10.7. The molecule has 1 fully saturated rings. The van der Waals surface area contributed by atoms with Crippen molar-refractivity contribution in [2.45, 2.75) is 52.1 Å². The highest BCUT2D eigenvalue weighted by molar-refractivity contribution is 5.21. The van der Waals surface area contributed by atoms with Crippen LogP contribution in [0.3, 0.4) is 0 Å². The summed E-state index contributed by atoms with van der Waals surface area (Å²) in [4.78, 5) is 4.29. The molecular weight excluding hydrogens is 198 g/mol. The standard InChI is InChI=1S/C14H21NO/c1-11-5-6-12(9-15-11)14(16)8-4-7-13(2,3)10-14/h5-6,9,16H,4,7-8,10H2,1-3H3. The second-order valence-corrected chi connectivity index (χ2v) is 5.91. The summed E-state index contributed by atoms with van der Waals surface area (Å²) in [5.74, 6) is 0. The van der Waals surface area contributed by atoms with Gasteiger partial charge in [0.1, 0.15) is 0 Å². The summed E-state index contributed by atoms with van der Waals surface area (Å²) in [5.41, 5.74) is 1.55. The average Bonchev–Trinajstić information content (AvgIpc) is 2.16. The van der Waals surface area contributed by atoms with E-state index < -0.39 is 5.60 Å². The second-order valence-electron chi connectivity index (χ2n) is 5.91. The normalized spacial score (nSPS) is 29.0. The molecule has 1 aromatic heterocycles. The zero-order chi connectivity index (χ0) is 11.8. The minimum absolute atomic E-state index is 0.234. The molecule has 2 rings (SSSR count). The van der Waals surface area contributed by atoms with E-state index in [4.69, 9.17) is 0 Å². The first kappa shape index (κ1) is 11.6. The molecule has 0 radical (unpaired) electrons. The van der Waals surface area contributed by atoms with E-state index in [1.54, 1.807) is 0 Å². The third-order valence-electron chi connectivity index (χ3n) is 3.66. The van der Waals surface area contributed by atoms with E-state index in [0.29, 0.717) is 0 Å². The third kappa shape index (κ3) is 2.27. The van der Waals surface area contributed by atoms with Gasteiger partial charge in [-0.05, 0) is 44.1 Å². The lowest BCUT2D eigenvalue weighted by atomic mass is 9.68. The maximum atomic E-state index is 10.7. The highest BCUT2D eigenvalue weighted by Crippen LogP contribution is 2.45. The largest absolute Gasteiger partial charge is 0.385 e. The van der Waals surface area contributed by atoms with Crippen LogP contribution in [0.5, 0.6) is 0 Å². The summed E-state index contributed by atoms with van der Waals surface area (Å²) in [7, 11) is 0. The molecule has 0 bridgehead atoms. The van der Waals surface area contributed by atoms with Gasteiger partial charge in [0.15, 0.2) is 0 Å². The zero-order valence-corrected chi connectivity index (χ0v) is 10.5. The van der Waals surface area contributed by atoms with Crippen molar-refractivity contribution in [2.24, 2.45) is 5.41 Å². The van der Waals surface area contributed by atoms with Crippen LogP contribution < -0.4 is 0 Å². The molecule has 1 heterocycles. The van der Waals surface area contributed by atoms with Crippen molar-refractivity contribution < 1.29 is 5.11 Å². The second kappa shape index (κ2) is 3.85. The summed E-state index contributed by atoms with van der Waals surface area (Å²) >= 11 is 0. The van der Waals surface area contributed by atoms with Crippen LogP contribution in [0, 0.1) is 12.3 Å². The first-order valence-corrected chi connectivity index (χ1v) is 6.07. The van der Waals surface area contributed by atoms with Crippen molar-refractivity contribution in [2.75, 3.05) is 0 Å². The van der Waals surface area contributed by atoms with Gasteiger partial charge < -0.3 is 5.11 Å². The smallest absolute Gasteiger partial charge is 0.0916 e. The van der Waals surface area contributed by atoms with Crippen molar-refractivity contribution in [3.05, 3.63) is 29.6 Å². The molecule has 0 aromatic carbocycles. The Kier molecular flexibility index (Phi) is 2.79. The number of aryl methyl sites for hydroxylation is 1. The minimum atomic E-state index is -0.664. The Hall–Kier alpha value is -0.890. The fourth-order valence-electron chi connectivity index (χ4n) is 2.82. The fourth-order valence-corrected chi connectivity index (χ4v) is 2.82. The number of pyridine rings is 1. The lowest BCUT2D eigenvalue weighted by molar-refractivity contribution is -0.0442. The maximum absolute atomic E-state index is 10.7. The Bertz CT molecular complexity index is 369. The topological polar surface area (TPSA) is 33.1 Å². The molecule has 2 heteroatoms. The van der Waals surface area contributed by atoms with Crippen LogP contribution in [0.25, 0.3) is 0 Å². The van der Waals surface area contributed by atoms with E-state index in [1.807, 2.05) is 25.3 Å². The third-order valence-corrected chi connectivity index (χ3v) is 3.66. The molecule has 16 heavy (non-hydrogen) atoms. The molecular formula is C14H21NO. The van der Waals surface area contributed by atoms with E-state index in [2.05, 4.69) is 18.8 Å². The van der Waals surface area contributed by atoms with Crippen LogP contribution in [-0.2, 0) is 5.60 Å². The van der Waals surface area contributed by atoms with Crippen LogP contribution in [0.2, 0.25) is 0 Å². The molecule has 1 aliphatic carbocycles.